The molecule has 0 aromatic carbocycles. The number of pyridine rings is 2. The quantitative estimate of drug-likeness (QED) is 0.942. The smallest absolute Gasteiger partial charge is 0.129 e. The molecule has 0 bridgehead atoms. The molecule has 1 aliphatic rings. The van der Waals surface area contributed by atoms with E-state index < -0.39 is 6.10 Å². The van der Waals surface area contributed by atoms with E-state index in [1.807, 2.05) is 30.3 Å². The van der Waals surface area contributed by atoms with Gasteiger partial charge in [-0.15, -0.1) is 0 Å². The first-order chi connectivity index (χ1) is 10.6. The average molecular weight is 319 g/mol. The summed E-state index contributed by atoms with van der Waals surface area (Å²) in [5, 5.41) is 10.3. The monoisotopic (exact) mass is 318 g/mol. The van der Waals surface area contributed by atoms with Crippen LogP contribution in [0.3, 0.4) is 0 Å². The predicted molar refractivity (Wildman–Crippen MR) is 88.5 cm³/mol. The zero-order valence-electron chi connectivity index (χ0n) is 12.5. The van der Waals surface area contributed by atoms with Gasteiger partial charge in [0.1, 0.15) is 11.6 Å². The van der Waals surface area contributed by atoms with Crippen molar-refractivity contribution in [2.24, 2.45) is 0 Å². The second kappa shape index (κ2) is 6.50. The molecule has 2 aromatic rings. The first-order valence-corrected chi connectivity index (χ1v) is 7.78. The molecule has 1 atom stereocenters. The van der Waals surface area contributed by atoms with Crippen LogP contribution < -0.4 is 9.80 Å². The number of halogens is 1. The van der Waals surface area contributed by atoms with Gasteiger partial charge >= 0.3 is 0 Å². The molecule has 6 heteroatoms. The van der Waals surface area contributed by atoms with Crippen LogP contribution in [-0.4, -0.2) is 41.3 Å². The highest BCUT2D eigenvalue weighted by Crippen LogP contribution is 2.20. The Morgan fingerprint density at radius 1 is 1.05 bits per heavy atom. The molecule has 3 heterocycles. The van der Waals surface area contributed by atoms with E-state index >= 15 is 0 Å². The van der Waals surface area contributed by atoms with E-state index in [-0.39, 0.29) is 0 Å². The molecule has 3 rings (SSSR count). The Bertz CT molecular complexity index is 624. The summed E-state index contributed by atoms with van der Waals surface area (Å²) >= 11 is 5.88. The molecule has 22 heavy (non-hydrogen) atoms. The molecule has 1 N–H and O–H groups in total. The third kappa shape index (κ3) is 3.31. The third-order valence-electron chi connectivity index (χ3n) is 3.82. The van der Waals surface area contributed by atoms with Crippen molar-refractivity contribution in [1.29, 1.82) is 0 Å². The maximum Gasteiger partial charge on any atom is 0.129 e. The lowest BCUT2D eigenvalue weighted by atomic mass is 10.2. The Morgan fingerprint density at radius 3 is 2.32 bits per heavy atom. The second-order valence-corrected chi connectivity index (χ2v) is 5.84. The topological polar surface area (TPSA) is 52.5 Å². The van der Waals surface area contributed by atoms with E-state index in [9.17, 15) is 5.11 Å². The van der Waals surface area contributed by atoms with E-state index in [4.69, 9.17) is 11.6 Å². The molecule has 116 valence electrons. The van der Waals surface area contributed by atoms with Crippen molar-refractivity contribution in [3.8, 4) is 0 Å². The fourth-order valence-electron chi connectivity index (χ4n) is 2.57. The van der Waals surface area contributed by atoms with Crippen molar-refractivity contribution >= 4 is 23.2 Å². The molecule has 0 aliphatic carbocycles. The number of aliphatic hydroxyl groups is 1. The van der Waals surface area contributed by atoms with Crippen LogP contribution in [0, 0.1) is 0 Å². The highest BCUT2D eigenvalue weighted by atomic mass is 35.5. The number of hydrogen-bond acceptors (Lipinski definition) is 5. The van der Waals surface area contributed by atoms with E-state index in [1.165, 1.54) is 0 Å². The molecular formula is C16H19ClN4O. The van der Waals surface area contributed by atoms with Crippen molar-refractivity contribution in [1.82, 2.24) is 9.97 Å². The minimum Gasteiger partial charge on any atom is -0.387 e. The summed E-state index contributed by atoms with van der Waals surface area (Å²) in [6, 6.07) is 9.59. The molecule has 1 aliphatic heterocycles. The molecule has 0 saturated carbocycles. The molecule has 1 unspecified atom stereocenters. The number of piperazine rings is 1. The maximum absolute atomic E-state index is 9.65. The van der Waals surface area contributed by atoms with Crippen molar-refractivity contribution in [3.05, 3.63) is 47.2 Å². The summed E-state index contributed by atoms with van der Waals surface area (Å²) in [5.74, 6) is 1.87. The number of rotatable bonds is 3. The fraction of sp³-hybridized carbons (Fsp3) is 0.375. The Hall–Kier alpha value is -1.85. The maximum atomic E-state index is 9.65. The van der Waals surface area contributed by atoms with Gasteiger partial charge in [-0.25, -0.2) is 9.97 Å². The SMILES string of the molecule is CC(O)c1cccc(N2CCN(c3ccc(Cl)cn3)CC2)n1. The zero-order valence-corrected chi connectivity index (χ0v) is 13.2. The fourth-order valence-corrected chi connectivity index (χ4v) is 2.68. The second-order valence-electron chi connectivity index (χ2n) is 5.41. The Balaban J connectivity index is 1.66. The van der Waals surface area contributed by atoms with Crippen LogP contribution in [-0.2, 0) is 0 Å². The Labute approximate surface area is 135 Å². The van der Waals surface area contributed by atoms with Gasteiger partial charge in [0.2, 0.25) is 0 Å². The summed E-state index contributed by atoms with van der Waals surface area (Å²) in [6.07, 6.45) is 1.14. The van der Waals surface area contributed by atoms with E-state index in [0.29, 0.717) is 10.7 Å². The largest absolute Gasteiger partial charge is 0.387 e. The van der Waals surface area contributed by atoms with Crippen LogP contribution >= 0.6 is 11.6 Å². The molecule has 2 aromatic heterocycles. The predicted octanol–water partition coefficient (Wildman–Crippen LogP) is 2.51. The first kappa shape index (κ1) is 15.1. The molecule has 5 nitrogen and oxygen atoms in total. The average Bonchev–Trinajstić information content (AvgIpc) is 2.56. The van der Waals surface area contributed by atoms with Gasteiger partial charge in [-0.3, -0.25) is 0 Å². The number of nitrogens with zero attached hydrogens (tertiary/aromatic N) is 4. The highest BCUT2D eigenvalue weighted by Gasteiger charge is 2.19. The molecule has 0 spiro atoms. The van der Waals surface area contributed by atoms with Crippen LogP contribution in [0.4, 0.5) is 11.6 Å². The molecule has 0 radical (unpaired) electrons. The Kier molecular flexibility index (Phi) is 4.45. The zero-order chi connectivity index (χ0) is 15.5. The lowest BCUT2D eigenvalue weighted by Crippen LogP contribution is -2.47. The van der Waals surface area contributed by atoms with Gasteiger partial charge in [-0.2, -0.15) is 0 Å². The van der Waals surface area contributed by atoms with Gasteiger partial charge < -0.3 is 14.9 Å². The van der Waals surface area contributed by atoms with Crippen LogP contribution in [0.25, 0.3) is 0 Å². The van der Waals surface area contributed by atoms with Crippen LogP contribution in [0.5, 0.6) is 0 Å². The summed E-state index contributed by atoms with van der Waals surface area (Å²) in [7, 11) is 0. The van der Waals surface area contributed by atoms with Crippen molar-refractivity contribution in [3.63, 3.8) is 0 Å². The number of anilines is 2. The van der Waals surface area contributed by atoms with Gasteiger partial charge in [0, 0.05) is 32.4 Å². The number of hydrogen-bond donors (Lipinski definition) is 1. The standard InChI is InChI=1S/C16H19ClN4O/c1-12(22)14-3-2-4-16(19-14)21-9-7-20(8-10-21)15-6-5-13(17)11-18-15/h2-6,11-12,22H,7-10H2,1H3. The first-order valence-electron chi connectivity index (χ1n) is 7.40. The molecule has 1 saturated heterocycles. The minimum absolute atomic E-state index is 0.542. The van der Waals surface area contributed by atoms with Crippen molar-refractivity contribution < 1.29 is 5.11 Å². The van der Waals surface area contributed by atoms with Crippen molar-refractivity contribution in [2.75, 3.05) is 36.0 Å². The number of aliphatic hydroxyl groups excluding tert-OH is 1. The normalized spacial score (nSPS) is 16.7. The van der Waals surface area contributed by atoms with Gasteiger partial charge in [-0.05, 0) is 31.2 Å². The lowest BCUT2D eigenvalue weighted by Gasteiger charge is -2.36. The minimum atomic E-state index is -0.542. The Morgan fingerprint density at radius 2 is 1.73 bits per heavy atom. The van der Waals surface area contributed by atoms with Gasteiger partial charge in [-0.1, -0.05) is 17.7 Å². The third-order valence-corrected chi connectivity index (χ3v) is 4.05. The van der Waals surface area contributed by atoms with Gasteiger partial charge in [0.15, 0.2) is 0 Å². The molecule has 0 amide bonds. The highest BCUT2D eigenvalue weighted by molar-refractivity contribution is 6.30. The van der Waals surface area contributed by atoms with Gasteiger partial charge in [0.05, 0.1) is 16.8 Å². The van der Waals surface area contributed by atoms with E-state index in [2.05, 4.69) is 19.8 Å². The number of aromatic nitrogens is 2. The van der Waals surface area contributed by atoms with Crippen LogP contribution in [0.1, 0.15) is 18.7 Å². The summed E-state index contributed by atoms with van der Waals surface area (Å²) in [6.45, 7) is 5.25. The van der Waals surface area contributed by atoms with E-state index in [0.717, 1.165) is 37.8 Å². The molecule has 1 fully saturated rings. The lowest BCUT2D eigenvalue weighted by molar-refractivity contribution is 0.194. The summed E-state index contributed by atoms with van der Waals surface area (Å²) in [5.41, 5.74) is 0.708. The van der Waals surface area contributed by atoms with Crippen LogP contribution in [0.15, 0.2) is 36.5 Å². The summed E-state index contributed by atoms with van der Waals surface area (Å²) < 4.78 is 0. The van der Waals surface area contributed by atoms with Crippen molar-refractivity contribution in [2.45, 2.75) is 13.0 Å². The summed E-state index contributed by atoms with van der Waals surface area (Å²) in [4.78, 5) is 13.4. The molecular weight excluding hydrogens is 300 g/mol. The van der Waals surface area contributed by atoms with Gasteiger partial charge in [0.25, 0.3) is 0 Å². The van der Waals surface area contributed by atoms with E-state index in [1.54, 1.807) is 13.1 Å². The van der Waals surface area contributed by atoms with Crippen LogP contribution in [0.2, 0.25) is 5.02 Å².